The van der Waals surface area contributed by atoms with E-state index in [0.29, 0.717) is 11.6 Å². The van der Waals surface area contributed by atoms with E-state index in [-0.39, 0.29) is 27.5 Å². The van der Waals surface area contributed by atoms with E-state index < -0.39 is 46.0 Å². The molecule has 0 aliphatic heterocycles. The highest BCUT2D eigenvalue weighted by molar-refractivity contribution is 6.53. The van der Waals surface area contributed by atoms with Crippen LogP contribution < -0.4 is 10.6 Å². The van der Waals surface area contributed by atoms with Gasteiger partial charge in [-0.1, -0.05) is 29.8 Å². The van der Waals surface area contributed by atoms with Crippen LogP contribution in [0.3, 0.4) is 0 Å². The quantitative estimate of drug-likeness (QED) is 0.252. The molecule has 11 heteroatoms. The van der Waals surface area contributed by atoms with E-state index >= 15 is 0 Å². The van der Waals surface area contributed by atoms with Crippen molar-refractivity contribution in [2.75, 3.05) is 10.6 Å². The maximum absolute atomic E-state index is 13.9. The number of amides is 2. The summed E-state index contributed by atoms with van der Waals surface area (Å²) in [6.07, 6.45) is -2.69. The van der Waals surface area contributed by atoms with Crippen LogP contribution in [0.1, 0.15) is 33.8 Å². The first-order valence-corrected chi connectivity index (χ1v) is 11.2. The molecule has 4 nitrogen and oxygen atoms in total. The Bertz CT molecular complexity index is 1320. The molecule has 0 radical (unpaired) electrons. The molecule has 2 unspecified atom stereocenters. The number of hydrogen-bond donors (Lipinski definition) is 2. The molecule has 2 atom stereocenters. The summed E-state index contributed by atoms with van der Waals surface area (Å²) in [4.78, 5) is 25.5. The second-order valence-electron chi connectivity index (χ2n) is 7.86. The van der Waals surface area contributed by atoms with Crippen molar-refractivity contribution in [1.82, 2.24) is 0 Å². The first kappa shape index (κ1) is 25.3. The van der Waals surface area contributed by atoms with E-state index in [2.05, 4.69) is 10.6 Å². The number of carbonyl (C=O) groups excluding carboxylic acids is 2. The van der Waals surface area contributed by atoms with Crippen LogP contribution in [0.2, 0.25) is 5.02 Å². The highest BCUT2D eigenvalue weighted by Gasteiger charge is 2.67. The van der Waals surface area contributed by atoms with E-state index in [1.54, 1.807) is 6.07 Å². The van der Waals surface area contributed by atoms with E-state index in [0.717, 1.165) is 12.1 Å². The molecule has 1 saturated carbocycles. The third kappa shape index (κ3) is 5.24. The summed E-state index contributed by atoms with van der Waals surface area (Å²) in [5, 5.41) is 4.88. The summed E-state index contributed by atoms with van der Waals surface area (Å²) in [5.41, 5.74) is -0.00895. The van der Waals surface area contributed by atoms with Crippen LogP contribution in [0.15, 0.2) is 60.7 Å². The fraction of sp³-hybridized carbons (Fsp3) is 0.167. The Kier molecular flexibility index (Phi) is 6.99. The minimum atomic E-state index is -2.69. The van der Waals surface area contributed by atoms with Gasteiger partial charge in [-0.25, -0.2) is 17.6 Å². The molecule has 0 aromatic heterocycles. The Labute approximate surface area is 212 Å². The lowest BCUT2D eigenvalue weighted by atomic mass is 10.1. The van der Waals surface area contributed by atoms with Gasteiger partial charge in [-0.15, -0.1) is 23.2 Å². The van der Waals surface area contributed by atoms with Gasteiger partial charge in [0.15, 0.2) is 0 Å². The van der Waals surface area contributed by atoms with Gasteiger partial charge in [-0.05, 0) is 42.0 Å². The van der Waals surface area contributed by atoms with Crippen molar-refractivity contribution in [1.29, 1.82) is 0 Å². The molecule has 0 heterocycles. The van der Waals surface area contributed by atoms with Crippen molar-refractivity contribution in [3.05, 3.63) is 94.0 Å². The number of rotatable bonds is 6. The maximum Gasteiger partial charge on any atom is 0.263 e. The van der Waals surface area contributed by atoms with Crippen molar-refractivity contribution in [2.24, 2.45) is 5.92 Å². The number of alkyl halides is 4. The maximum atomic E-state index is 13.9. The largest absolute Gasteiger partial charge is 0.326 e. The monoisotopic (exact) mass is 544 g/mol. The Hall–Kier alpha value is -2.81. The van der Waals surface area contributed by atoms with Crippen molar-refractivity contribution in [3.8, 4) is 0 Å². The molecule has 1 aliphatic rings. The number of anilines is 2. The Morgan fingerprint density at radius 2 is 1.69 bits per heavy atom. The molecule has 1 aliphatic carbocycles. The van der Waals surface area contributed by atoms with Gasteiger partial charge in [0.1, 0.15) is 16.0 Å². The van der Waals surface area contributed by atoms with Gasteiger partial charge in [0, 0.05) is 23.2 Å². The summed E-state index contributed by atoms with van der Waals surface area (Å²) in [5.74, 6) is -4.84. The molecular weight excluding hydrogens is 531 g/mol. The minimum absolute atomic E-state index is 0.0140. The number of halogens is 7. The van der Waals surface area contributed by atoms with Crippen LogP contribution in [0, 0.1) is 17.6 Å². The van der Waals surface area contributed by atoms with Crippen molar-refractivity contribution >= 4 is 58.0 Å². The molecular formula is C24H15Cl3F4N2O2. The molecule has 1 fully saturated rings. The van der Waals surface area contributed by atoms with Crippen LogP contribution in [0.5, 0.6) is 0 Å². The second kappa shape index (κ2) is 9.68. The minimum Gasteiger partial charge on any atom is -0.326 e. The average molecular weight is 546 g/mol. The number of nitrogens with one attached hydrogen (secondary N) is 2. The zero-order valence-electron chi connectivity index (χ0n) is 17.5. The zero-order chi connectivity index (χ0) is 25.5. The van der Waals surface area contributed by atoms with Crippen LogP contribution >= 0.6 is 34.8 Å². The highest BCUT2D eigenvalue weighted by atomic mass is 35.5. The normalized spacial score (nSPS) is 18.3. The SMILES string of the molecule is O=C(Nc1ccc(F)cc1F)c1cc(NC(=O)C2C(c3cccc(C(F)F)c3)C2(Cl)Cl)ccc1Cl. The standard InChI is InChI=1S/C24H15Cl3F4N2O2/c25-16-6-5-14(10-15(16)22(34)33-18-7-4-13(28)9-17(18)29)32-23(35)20-19(24(20,26)27)11-2-1-3-12(8-11)21(30)31/h1-10,19-21H,(H,32,35)(H,33,34). The van der Waals surface area contributed by atoms with Gasteiger partial charge in [0.2, 0.25) is 5.91 Å². The van der Waals surface area contributed by atoms with Crippen molar-refractivity contribution in [3.63, 3.8) is 0 Å². The molecule has 0 saturated heterocycles. The molecule has 35 heavy (non-hydrogen) atoms. The van der Waals surface area contributed by atoms with Crippen molar-refractivity contribution < 1.29 is 27.2 Å². The molecule has 182 valence electrons. The fourth-order valence-electron chi connectivity index (χ4n) is 3.73. The third-order valence-corrected chi connectivity index (χ3v) is 6.79. The first-order chi connectivity index (χ1) is 16.5. The second-order valence-corrected chi connectivity index (χ2v) is 9.71. The van der Waals surface area contributed by atoms with Gasteiger partial charge in [0.25, 0.3) is 12.3 Å². The number of hydrogen-bond acceptors (Lipinski definition) is 2. The van der Waals surface area contributed by atoms with Gasteiger partial charge in [0.05, 0.1) is 22.2 Å². The lowest BCUT2D eigenvalue weighted by Gasteiger charge is -2.11. The van der Waals surface area contributed by atoms with E-state index in [1.165, 1.54) is 36.4 Å². The molecule has 0 bridgehead atoms. The molecule has 2 N–H and O–H groups in total. The summed E-state index contributed by atoms with van der Waals surface area (Å²) in [6, 6.07) is 12.2. The first-order valence-electron chi connectivity index (χ1n) is 10.1. The lowest BCUT2D eigenvalue weighted by Crippen LogP contribution is -2.18. The molecule has 0 spiro atoms. The van der Waals surface area contributed by atoms with Crippen LogP contribution in [0.25, 0.3) is 0 Å². The zero-order valence-corrected chi connectivity index (χ0v) is 19.7. The highest BCUT2D eigenvalue weighted by Crippen LogP contribution is 2.65. The Morgan fingerprint density at radius 3 is 2.37 bits per heavy atom. The smallest absolute Gasteiger partial charge is 0.263 e. The van der Waals surface area contributed by atoms with Crippen LogP contribution in [-0.2, 0) is 4.79 Å². The number of benzene rings is 3. The van der Waals surface area contributed by atoms with E-state index in [4.69, 9.17) is 34.8 Å². The summed E-state index contributed by atoms with van der Waals surface area (Å²) < 4.78 is 51.6. The van der Waals surface area contributed by atoms with Gasteiger partial charge >= 0.3 is 0 Å². The molecule has 3 aromatic rings. The topological polar surface area (TPSA) is 58.2 Å². The van der Waals surface area contributed by atoms with Gasteiger partial charge < -0.3 is 10.6 Å². The predicted molar refractivity (Wildman–Crippen MR) is 126 cm³/mol. The third-order valence-electron chi connectivity index (χ3n) is 5.52. The predicted octanol–water partition coefficient (Wildman–Crippen LogP) is 7.33. The Morgan fingerprint density at radius 1 is 0.943 bits per heavy atom. The van der Waals surface area contributed by atoms with Gasteiger partial charge in [-0.3, -0.25) is 9.59 Å². The number of carbonyl (C=O) groups is 2. The van der Waals surface area contributed by atoms with Crippen LogP contribution in [-0.4, -0.2) is 16.1 Å². The van der Waals surface area contributed by atoms with E-state index in [1.807, 2.05) is 0 Å². The van der Waals surface area contributed by atoms with Crippen LogP contribution in [0.4, 0.5) is 28.9 Å². The van der Waals surface area contributed by atoms with Gasteiger partial charge in [-0.2, -0.15) is 0 Å². The molecule has 2 amide bonds. The fourth-order valence-corrected chi connectivity index (χ4v) is 4.76. The summed E-state index contributed by atoms with van der Waals surface area (Å²) in [6.45, 7) is 0. The lowest BCUT2D eigenvalue weighted by molar-refractivity contribution is -0.117. The van der Waals surface area contributed by atoms with Crippen molar-refractivity contribution in [2.45, 2.75) is 16.7 Å². The molecule has 4 rings (SSSR count). The Balaban J connectivity index is 1.51. The summed E-state index contributed by atoms with van der Waals surface area (Å²) in [7, 11) is 0. The summed E-state index contributed by atoms with van der Waals surface area (Å²) >= 11 is 18.7. The van der Waals surface area contributed by atoms with E-state index in [9.17, 15) is 27.2 Å². The average Bonchev–Trinajstić information content (AvgIpc) is 3.39. The molecule has 3 aromatic carbocycles.